The third-order valence-corrected chi connectivity index (χ3v) is 15.5. The maximum Gasteiger partial charge on any atom is 0.255 e. The number of halogens is 2. The Morgan fingerprint density at radius 2 is 1.46 bits per heavy atom. The number of carbonyl (C=O) groups excluding carboxylic acids is 6. The first-order chi connectivity index (χ1) is 33.5. The van der Waals surface area contributed by atoms with Crippen molar-refractivity contribution in [1.82, 2.24) is 26.2 Å². The van der Waals surface area contributed by atoms with Gasteiger partial charge in [-0.05, 0) is 92.5 Å². The molecule has 1 unspecified atom stereocenters. The third-order valence-electron chi connectivity index (χ3n) is 15.1. The molecular formula is C51H61Cl2N7O9. The molecule has 6 aliphatic rings. The zero-order chi connectivity index (χ0) is 48.1. The van der Waals surface area contributed by atoms with Crippen molar-refractivity contribution >= 4 is 70.0 Å². The number of anilines is 2. The van der Waals surface area contributed by atoms with E-state index in [9.17, 15) is 28.8 Å². The van der Waals surface area contributed by atoms with Gasteiger partial charge >= 0.3 is 0 Å². The van der Waals surface area contributed by atoms with Crippen molar-refractivity contribution in [2.45, 2.75) is 112 Å². The van der Waals surface area contributed by atoms with Crippen molar-refractivity contribution in [2.75, 3.05) is 63.4 Å². The van der Waals surface area contributed by atoms with Gasteiger partial charge in [0.2, 0.25) is 29.5 Å². The van der Waals surface area contributed by atoms with E-state index in [4.69, 9.17) is 37.4 Å². The van der Waals surface area contributed by atoms with Gasteiger partial charge in [-0.2, -0.15) is 0 Å². The molecule has 4 aliphatic heterocycles. The summed E-state index contributed by atoms with van der Waals surface area (Å²) in [5, 5.41) is 20.1. The summed E-state index contributed by atoms with van der Waals surface area (Å²) in [5.74, 6) is -1.95. The Bertz CT molecular complexity index is 2440. The highest BCUT2D eigenvalue weighted by Gasteiger charge is 2.72. The third kappa shape index (κ3) is 9.98. The monoisotopic (exact) mass is 985 g/mol. The summed E-state index contributed by atoms with van der Waals surface area (Å²) in [6, 6.07) is 17.1. The van der Waals surface area contributed by atoms with E-state index in [1.54, 1.807) is 24.3 Å². The highest BCUT2D eigenvalue weighted by Crippen LogP contribution is 2.62. The lowest BCUT2D eigenvalue weighted by atomic mass is 9.55. The molecule has 3 aromatic rings. The molecule has 0 bridgehead atoms. The number of piperidine rings is 1. The minimum Gasteiger partial charge on any atom is -0.382 e. The number of amides is 6. The van der Waals surface area contributed by atoms with Crippen molar-refractivity contribution < 1.29 is 43.0 Å². The van der Waals surface area contributed by atoms with Crippen molar-refractivity contribution in [2.24, 2.45) is 5.92 Å². The second-order valence-corrected chi connectivity index (χ2v) is 20.0. The summed E-state index contributed by atoms with van der Waals surface area (Å²) >= 11 is 13.0. The van der Waals surface area contributed by atoms with Crippen LogP contribution >= 0.6 is 23.2 Å². The summed E-state index contributed by atoms with van der Waals surface area (Å²) in [6.07, 6.45) is 7.58. The average molecular weight is 987 g/mol. The Morgan fingerprint density at radius 1 is 0.754 bits per heavy atom. The fourth-order valence-corrected chi connectivity index (χ4v) is 12.3. The first kappa shape index (κ1) is 48.9. The Hall–Kier alpha value is -5.10. The number of carbonyl (C=O) groups is 6. The molecule has 0 radical (unpaired) electrons. The van der Waals surface area contributed by atoms with Gasteiger partial charge in [-0.3, -0.25) is 39.4 Å². The Labute approximate surface area is 412 Å². The maximum atomic E-state index is 14.6. The van der Waals surface area contributed by atoms with E-state index >= 15 is 0 Å². The summed E-state index contributed by atoms with van der Waals surface area (Å²) < 4.78 is 17.0. The molecule has 2 aliphatic carbocycles. The van der Waals surface area contributed by atoms with E-state index in [2.05, 4.69) is 31.9 Å². The molecule has 4 atom stereocenters. The quantitative estimate of drug-likeness (QED) is 0.0708. The second kappa shape index (κ2) is 21.5. The molecule has 2 spiro atoms. The molecule has 6 amide bonds. The number of hydrogen-bond acceptors (Lipinski definition) is 11. The van der Waals surface area contributed by atoms with E-state index in [1.807, 2.05) is 36.4 Å². The summed E-state index contributed by atoms with van der Waals surface area (Å²) in [6.45, 7) is 3.49. The fourth-order valence-electron chi connectivity index (χ4n) is 11.9. The fraction of sp³-hybridized carbons (Fsp3) is 0.529. The summed E-state index contributed by atoms with van der Waals surface area (Å²) in [4.78, 5) is 81.0. The van der Waals surface area contributed by atoms with Gasteiger partial charge in [-0.1, -0.05) is 66.7 Å². The molecule has 2 saturated heterocycles. The first-order valence-corrected chi connectivity index (χ1v) is 25.2. The molecular weight excluding hydrogens is 926 g/mol. The van der Waals surface area contributed by atoms with E-state index in [1.165, 1.54) is 4.90 Å². The minimum atomic E-state index is -1.06. The van der Waals surface area contributed by atoms with Crippen LogP contribution in [0.5, 0.6) is 0 Å². The van der Waals surface area contributed by atoms with Crippen LogP contribution in [0.4, 0.5) is 11.4 Å². The number of benzene rings is 3. The highest BCUT2D eigenvalue weighted by molar-refractivity contribution is 6.31. The number of hydrogen-bond donors (Lipinski definition) is 6. The van der Waals surface area contributed by atoms with Crippen LogP contribution in [0.2, 0.25) is 10.0 Å². The number of ether oxygens (including phenoxy) is 3. The molecule has 2 saturated carbocycles. The van der Waals surface area contributed by atoms with Gasteiger partial charge in [0.25, 0.3) is 5.91 Å². The molecule has 368 valence electrons. The van der Waals surface area contributed by atoms with Crippen molar-refractivity contribution in [3.8, 4) is 0 Å². The van der Waals surface area contributed by atoms with Crippen LogP contribution in [0.15, 0.2) is 60.7 Å². The second-order valence-electron chi connectivity index (χ2n) is 19.1. The van der Waals surface area contributed by atoms with Gasteiger partial charge in [0.15, 0.2) is 0 Å². The highest BCUT2D eigenvalue weighted by atomic mass is 35.5. The molecule has 69 heavy (non-hydrogen) atoms. The van der Waals surface area contributed by atoms with Gasteiger partial charge in [0, 0.05) is 82.0 Å². The van der Waals surface area contributed by atoms with Gasteiger partial charge in [-0.25, -0.2) is 0 Å². The van der Waals surface area contributed by atoms with Crippen molar-refractivity contribution in [1.29, 1.82) is 0 Å². The van der Waals surface area contributed by atoms with Crippen molar-refractivity contribution in [3.05, 3.63) is 93.0 Å². The normalized spacial score (nSPS) is 25.9. The van der Waals surface area contributed by atoms with Crippen LogP contribution in [-0.2, 0) is 50.1 Å². The number of imide groups is 1. The van der Waals surface area contributed by atoms with Gasteiger partial charge in [0.1, 0.15) is 11.5 Å². The van der Waals surface area contributed by atoms with Crippen LogP contribution in [0, 0.1) is 5.92 Å². The zero-order valence-electron chi connectivity index (χ0n) is 38.7. The molecule has 4 fully saturated rings. The number of nitrogens with one attached hydrogen (secondary N) is 6. The molecule has 6 N–H and O–H groups in total. The lowest BCUT2D eigenvalue weighted by Gasteiger charge is -2.47. The number of rotatable bonds is 18. The Morgan fingerprint density at radius 3 is 2.20 bits per heavy atom. The van der Waals surface area contributed by atoms with E-state index in [-0.39, 0.29) is 47.9 Å². The molecule has 18 heteroatoms. The van der Waals surface area contributed by atoms with Crippen LogP contribution in [0.25, 0.3) is 0 Å². The average Bonchev–Trinajstić information content (AvgIpc) is 3.94. The zero-order valence-corrected chi connectivity index (χ0v) is 40.2. The molecule has 9 rings (SSSR count). The lowest BCUT2D eigenvalue weighted by Crippen LogP contribution is -2.60. The van der Waals surface area contributed by atoms with Gasteiger partial charge in [0.05, 0.1) is 45.7 Å². The summed E-state index contributed by atoms with van der Waals surface area (Å²) in [5.41, 5.74) is 2.84. The van der Waals surface area contributed by atoms with Crippen molar-refractivity contribution in [3.63, 3.8) is 0 Å². The van der Waals surface area contributed by atoms with Crippen LogP contribution in [0.1, 0.15) is 104 Å². The number of fused-ring (bicyclic) bond motifs is 4. The largest absolute Gasteiger partial charge is 0.382 e. The van der Waals surface area contributed by atoms with Gasteiger partial charge in [-0.15, -0.1) is 0 Å². The predicted octanol–water partition coefficient (Wildman–Crippen LogP) is 5.36. The van der Waals surface area contributed by atoms with Crippen LogP contribution in [-0.4, -0.2) is 117 Å². The molecule has 16 nitrogen and oxygen atoms in total. The summed E-state index contributed by atoms with van der Waals surface area (Å²) in [7, 11) is 0. The maximum absolute atomic E-state index is 14.6. The minimum absolute atomic E-state index is 0.0173. The smallest absolute Gasteiger partial charge is 0.255 e. The molecule has 0 aromatic heterocycles. The standard InChI is InChI=1S/C51H61Cl2N7O9/c52-33-7-4-6-32(28-33)43-44(59-50(18-2-1-3-19-50)51(43)38-15-12-34(53)29-40(38)57-49(51)66)47(64)56-35-13-10-31(11-14-35)45(62)55-21-23-68-25-27-69-26-24-67-22-20-54-39-9-5-8-36-37(39)30-60(48(36)65)41-16-17-42(61)58-46(41)63/h4-9,12,15,28-29,31,35,41,43-44,54,59H,1-3,10-11,13-14,16-27,30H2,(H,55,62)(H,56,64)(H,57,66)(H,58,61,63)/t31?,35?,41?,43-,44+,51+/m0/s1. The SMILES string of the molecule is O=C1CCC(N2Cc3c(NCCOCCOCCOCCNC(=O)C4CCC(NC(=O)[C@@H]5NC6(CCCCC6)[C@@]6(C(=O)Nc7cc(Cl)ccc76)[C@H]5c5cccc(Cl)c5)CC4)cccc3C2=O)C(=O)N1. The lowest BCUT2D eigenvalue weighted by molar-refractivity contribution is -0.137. The first-order valence-electron chi connectivity index (χ1n) is 24.5. The van der Waals surface area contributed by atoms with Crippen LogP contribution < -0.4 is 31.9 Å². The van der Waals surface area contributed by atoms with Gasteiger partial charge < -0.3 is 40.4 Å². The topological polar surface area (TPSA) is 206 Å². The Balaban J connectivity index is 0.666. The van der Waals surface area contributed by atoms with E-state index in [0.717, 1.165) is 54.5 Å². The number of nitrogens with zero attached hydrogens (tertiary/aromatic N) is 1. The van der Waals surface area contributed by atoms with E-state index in [0.29, 0.717) is 113 Å². The van der Waals surface area contributed by atoms with E-state index < -0.39 is 34.9 Å². The molecule has 4 heterocycles. The molecule has 3 aromatic carbocycles. The Kier molecular flexibility index (Phi) is 15.2. The predicted molar refractivity (Wildman–Crippen MR) is 259 cm³/mol. The van der Waals surface area contributed by atoms with Crippen LogP contribution in [0.3, 0.4) is 0 Å².